The van der Waals surface area contributed by atoms with E-state index in [4.69, 9.17) is 10.3 Å². The second-order valence-corrected chi connectivity index (χ2v) is 5.01. The average Bonchev–Trinajstić information content (AvgIpc) is 3.01. The Bertz CT molecular complexity index is 635. The normalized spacial score (nSPS) is 10.5. The van der Waals surface area contributed by atoms with Gasteiger partial charge in [-0.2, -0.15) is 4.98 Å². The highest BCUT2D eigenvalue weighted by atomic mass is 35.5. The molecule has 9 heteroatoms. The summed E-state index contributed by atoms with van der Waals surface area (Å²) in [5, 5.41) is 6.61. The third kappa shape index (κ3) is 6.23. The summed E-state index contributed by atoms with van der Waals surface area (Å²) in [6.45, 7) is 3.77. The third-order valence-corrected chi connectivity index (χ3v) is 3.27. The van der Waals surface area contributed by atoms with Crippen LogP contribution in [0.3, 0.4) is 0 Å². The van der Waals surface area contributed by atoms with Gasteiger partial charge in [0.2, 0.25) is 11.8 Å². The summed E-state index contributed by atoms with van der Waals surface area (Å²) in [6.07, 6.45) is 0. The van der Waals surface area contributed by atoms with E-state index >= 15 is 0 Å². The largest absolute Gasteiger partial charge is 0.351 e. The fraction of sp³-hybridized carbons (Fsp3) is 0.400. The first-order valence-electron chi connectivity index (χ1n) is 7.35. The van der Waals surface area contributed by atoms with Crippen molar-refractivity contribution in [1.82, 2.24) is 20.4 Å². The van der Waals surface area contributed by atoms with Crippen LogP contribution in [0.2, 0.25) is 0 Å². The molecule has 0 aliphatic heterocycles. The Hall–Kier alpha value is -2.03. The zero-order valence-electron chi connectivity index (χ0n) is 13.4. The van der Waals surface area contributed by atoms with Crippen molar-refractivity contribution in [3.63, 3.8) is 0 Å². The molecule has 132 valence electrons. The van der Waals surface area contributed by atoms with Crippen LogP contribution in [-0.2, 0) is 24.4 Å². The lowest BCUT2D eigenvalue weighted by Crippen LogP contribution is -2.36. The van der Waals surface area contributed by atoms with Crippen LogP contribution in [0.4, 0.5) is 4.39 Å². The molecule has 24 heavy (non-hydrogen) atoms. The molecule has 0 atom stereocenters. The minimum Gasteiger partial charge on any atom is -0.351 e. The molecule has 7 nitrogen and oxygen atoms in total. The third-order valence-electron chi connectivity index (χ3n) is 3.27. The van der Waals surface area contributed by atoms with Gasteiger partial charge >= 0.3 is 0 Å². The van der Waals surface area contributed by atoms with Gasteiger partial charge in [-0.25, -0.2) is 4.39 Å². The van der Waals surface area contributed by atoms with Crippen LogP contribution in [0.5, 0.6) is 0 Å². The Kier molecular flexibility index (Phi) is 8.31. The maximum atomic E-state index is 12.8. The molecule has 3 N–H and O–H groups in total. The maximum absolute atomic E-state index is 12.8. The smallest absolute Gasteiger partial charge is 0.240 e. The van der Waals surface area contributed by atoms with Gasteiger partial charge < -0.3 is 15.6 Å². The highest BCUT2D eigenvalue weighted by molar-refractivity contribution is 5.85. The van der Waals surface area contributed by atoms with E-state index < -0.39 is 0 Å². The highest BCUT2D eigenvalue weighted by Crippen LogP contribution is 2.03. The molecular formula is C15H21ClFN5O2. The van der Waals surface area contributed by atoms with Crippen molar-refractivity contribution in [3.05, 3.63) is 47.4 Å². The summed E-state index contributed by atoms with van der Waals surface area (Å²) in [7, 11) is 0. The second kappa shape index (κ2) is 9.96. The molecule has 1 aromatic carbocycles. The summed E-state index contributed by atoms with van der Waals surface area (Å²) in [4.78, 5) is 18.0. The lowest BCUT2D eigenvalue weighted by molar-refractivity contribution is -0.122. The number of benzene rings is 1. The molecule has 0 spiro atoms. The van der Waals surface area contributed by atoms with E-state index in [0.29, 0.717) is 31.3 Å². The molecular weight excluding hydrogens is 337 g/mol. The van der Waals surface area contributed by atoms with Crippen molar-refractivity contribution >= 4 is 18.3 Å². The van der Waals surface area contributed by atoms with Gasteiger partial charge in [-0.05, 0) is 24.2 Å². The number of rotatable bonds is 8. The Morgan fingerprint density at radius 3 is 2.67 bits per heavy atom. The van der Waals surface area contributed by atoms with Gasteiger partial charge in [0, 0.05) is 6.54 Å². The number of aromatic nitrogens is 2. The van der Waals surface area contributed by atoms with Gasteiger partial charge in [-0.15, -0.1) is 12.4 Å². The van der Waals surface area contributed by atoms with Gasteiger partial charge in [0.05, 0.1) is 19.6 Å². The van der Waals surface area contributed by atoms with Crippen molar-refractivity contribution < 1.29 is 13.7 Å². The summed E-state index contributed by atoms with van der Waals surface area (Å²) >= 11 is 0. The van der Waals surface area contributed by atoms with Crippen molar-refractivity contribution in [3.8, 4) is 0 Å². The number of amides is 1. The SMILES string of the molecule is CCN(CC(=O)NCc1ccc(F)cc1)Cc1noc(CN)n1.Cl. The zero-order valence-corrected chi connectivity index (χ0v) is 14.2. The van der Waals surface area contributed by atoms with E-state index in [0.717, 1.165) is 5.56 Å². The Balaban J connectivity index is 0.00000288. The summed E-state index contributed by atoms with van der Waals surface area (Å²) < 4.78 is 17.8. The Labute approximate surface area is 145 Å². The minimum atomic E-state index is -0.297. The van der Waals surface area contributed by atoms with Crippen LogP contribution in [0.25, 0.3) is 0 Å². The monoisotopic (exact) mass is 357 g/mol. The van der Waals surface area contributed by atoms with Crippen molar-refractivity contribution in [2.75, 3.05) is 13.1 Å². The number of nitrogens with one attached hydrogen (secondary N) is 1. The molecule has 0 fully saturated rings. The summed E-state index contributed by atoms with van der Waals surface area (Å²) in [5.41, 5.74) is 6.26. The predicted molar refractivity (Wildman–Crippen MR) is 88.6 cm³/mol. The van der Waals surface area contributed by atoms with E-state index in [9.17, 15) is 9.18 Å². The van der Waals surface area contributed by atoms with Gasteiger partial charge in [0.15, 0.2) is 5.82 Å². The number of carbonyl (C=O) groups excluding carboxylic acids is 1. The number of nitrogens with zero attached hydrogens (tertiary/aromatic N) is 3. The lowest BCUT2D eigenvalue weighted by atomic mass is 10.2. The molecule has 1 amide bonds. The first-order chi connectivity index (χ1) is 11.1. The van der Waals surface area contributed by atoms with E-state index in [1.54, 1.807) is 12.1 Å². The van der Waals surface area contributed by atoms with Crippen molar-refractivity contribution in [2.24, 2.45) is 5.73 Å². The fourth-order valence-electron chi connectivity index (χ4n) is 1.98. The van der Waals surface area contributed by atoms with Gasteiger partial charge in [0.1, 0.15) is 5.82 Å². The van der Waals surface area contributed by atoms with Gasteiger partial charge in [0.25, 0.3) is 0 Å². The number of hydrogen-bond acceptors (Lipinski definition) is 6. The van der Waals surface area contributed by atoms with E-state index in [1.165, 1.54) is 12.1 Å². The first kappa shape index (κ1) is 20.0. The van der Waals surface area contributed by atoms with Crippen LogP contribution in [-0.4, -0.2) is 34.0 Å². The standard InChI is InChI=1S/C15H20FN5O2.ClH/c1-2-21(9-13-19-15(7-17)23-20-13)10-14(22)18-8-11-3-5-12(16)6-4-11;/h3-6H,2,7-10,17H2,1H3,(H,18,22);1H. The van der Waals surface area contributed by atoms with E-state index in [1.807, 2.05) is 11.8 Å². The highest BCUT2D eigenvalue weighted by Gasteiger charge is 2.13. The van der Waals surface area contributed by atoms with Crippen LogP contribution in [0.15, 0.2) is 28.8 Å². The molecule has 2 aromatic rings. The quantitative estimate of drug-likeness (QED) is 0.737. The molecule has 0 radical (unpaired) electrons. The predicted octanol–water partition coefficient (Wildman–Crippen LogP) is 1.23. The molecule has 0 aliphatic rings. The molecule has 0 unspecified atom stereocenters. The number of carbonyl (C=O) groups is 1. The molecule has 2 rings (SSSR count). The zero-order chi connectivity index (χ0) is 16.7. The van der Waals surface area contributed by atoms with Gasteiger partial charge in [-0.3, -0.25) is 9.69 Å². The number of halogens is 2. The van der Waals surface area contributed by atoms with Crippen LogP contribution in [0.1, 0.15) is 24.2 Å². The molecule has 1 aromatic heterocycles. The van der Waals surface area contributed by atoms with Crippen molar-refractivity contribution in [2.45, 2.75) is 26.6 Å². The Morgan fingerprint density at radius 2 is 2.08 bits per heavy atom. The van der Waals surface area contributed by atoms with E-state index in [-0.39, 0.29) is 37.2 Å². The number of hydrogen-bond donors (Lipinski definition) is 2. The number of nitrogens with two attached hydrogens (primary N) is 1. The average molecular weight is 358 g/mol. The van der Waals surface area contributed by atoms with Crippen LogP contribution < -0.4 is 11.1 Å². The van der Waals surface area contributed by atoms with Crippen LogP contribution >= 0.6 is 12.4 Å². The van der Waals surface area contributed by atoms with Gasteiger partial charge in [-0.1, -0.05) is 24.2 Å². The molecule has 1 heterocycles. The fourth-order valence-corrected chi connectivity index (χ4v) is 1.98. The summed E-state index contributed by atoms with van der Waals surface area (Å²) in [6, 6.07) is 6.01. The Morgan fingerprint density at radius 1 is 1.38 bits per heavy atom. The molecule has 0 saturated carbocycles. The maximum Gasteiger partial charge on any atom is 0.240 e. The second-order valence-electron chi connectivity index (χ2n) is 5.01. The minimum absolute atomic E-state index is 0. The molecule has 0 bridgehead atoms. The first-order valence-corrected chi connectivity index (χ1v) is 7.35. The summed E-state index contributed by atoms with van der Waals surface area (Å²) in [5.74, 6) is 0.448. The van der Waals surface area contributed by atoms with Crippen LogP contribution in [0, 0.1) is 5.82 Å². The molecule has 0 aliphatic carbocycles. The van der Waals surface area contributed by atoms with E-state index in [2.05, 4.69) is 15.5 Å². The number of likely N-dealkylation sites (N-methyl/N-ethyl adjacent to an activating group) is 1. The topological polar surface area (TPSA) is 97.3 Å². The molecule has 0 saturated heterocycles. The van der Waals surface area contributed by atoms with Crippen molar-refractivity contribution in [1.29, 1.82) is 0 Å². The lowest BCUT2D eigenvalue weighted by Gasteiger charge is -2.17.